The van der Waals surface area contributed by atoms with E-state index in [1.54, 1.807) is 24.3 Å². The number of aliphatic hydroxyl groups excluding tert-OH is 2. The fourth-order valence-corrected chi connectivity index (χ4v) is 2.03. The van der Waals surface area contributed by atoms with Crippen molar-refractivity contribution in [1.29, 1.82) is 0 Å². The molecule has 0 amide bonds. The maximum absolute atomic E-state index is 12.5. The molecule has 1 aromatic heterocycles. The molecule has 0 radical (unpaired) electrons. The van der Waals surface area contributed by atoms with Gasteiger partial charge in [-0.25, -0.2) is 4.98 Å². The van der Waals surface area contributed by atoms with Crippen molar-refractivity contribution in [2.24, 2.45) is 0 Å². The zero-order valence-corrected chi connectivity index (χ0v) is 10.6. The van der Waals surface area contributed by atoms with Gasteiger partial charge in [-0.15, -0.1) is 0 Å². The fourth-order valence-electron chi connectivity index (χ4n) is 2.03. The van der Waals surface area contributed by atoms with E-state index in [1.807, 2.05) is 0 Å². The summed E-state index contributed by atoms with van der Waals surface area (Å²) in [6.07, 6.45) is -6.34. The molecule has 2 aromatic rings. The Labute approximate surface area is 113 Å². The number of aromatic nitrogens is 2. The lowest BCUT2D eigenvalue weighted by Gasteiger charge is -2.17. The minimum atomic E-state index is -4.67. The quantitative estimate of drug-likeness (QED) is 0.883. The highest BCUT2D eigenvalue weighted by Gasteiger charge is 2.38. The van der Waals surface area contributed by atoms with Gasteiger partial charge in [-0.2, -0.15) is 13.2 Å². The molecule has 7 heteroatoms. The standard InChI is InChI=1S/C13H15F3N2O2/c14-13(15,16)11(20)8-18-10-5-2-1-4-9(10)17-12(18)6-3-7-19/h1-2,4-5,11,19-20H,3,6-8H2. The van der Waals surface area contributed by atoms with Crippen LogP contribution in [0.25, 0.3) is 11.0 Å². The molecule has 0 fully saturated rings. The van der Waals surface area contributed by atoms with Crippen LogP contribution in [0.2, 0.25) is 0 Å². The minimum Gasteiger partial charge on any atom is -0.396 e. The summed E-state index contributed by atoms with van der Waals surface area (Å²) in [5.41, 5.74) is 1.12. The van der Waals surface area contributed by atoms with E-state index in [0.29, 0.717) is 29.7 Å². The molecule has 1 atom stereocenters. The number of hydrogen-bond donors (Lipinski definition) is 2. The number of benzene rings is 1. The third-order valence-corrected chi connectivity index (χ3v) is 3.03. The van der Waals surface area contributed by atoms with Gasteiger partial charge in [-0.05, 0) is 18.6 Å². The molecule has 0 aliphatic heterocycles. The van der Waals surface area contributed by atoms with E-state index < -0.39 is 18.8 Å². The van der Waals surface area contributed by atoms with Gasteiger partial charge < -0.3 is 14.8 Å². The third kappa shape index (κ3) is 3.10. The van der Waals surface area contributed by atoms with Crippen LogP contribution < -0.4 is 0 Å². The Hall–Kier alpha value is -1.60. The molecule has 0 spiro atoms. The highest BCUT2D eigenvalue weighted by Crippen LogP contribution is 2.24. The number of halogens is 3. The lowest BCUT2D eigenvalue weighted by atomic mass is 10.2. The highest BCUT2D eigenvalue weighted by atomic mass is 19.4. The van der Waals surface area contributed by atoms with E-state index in [9.17, 15) is 18.3 Å². The monoisotopic (exact) mass is 288 g/mol. The van der Waals surface area contributed by atoms with Crippen molar-refractivity contribution in [3.8, 4) is 0 Å². The van der Waals surface area contributed by atoms with Gasteiger partial charge in [0.1, 0.15) is 5.82 Å². The first-order valence-corrected chi connectivity index (χ1v) is 6.23. The van der Waals surface area contributed by atoms with E-state index in [-0.39, 0.29) is 6.61 Å². The summed E-state index contributed by atoms with van der Waals surface area (Å²) in [6, 6.07) is 6.81. The summed E-state index contributed by atoms with van der Waals surface area (Å²) in [7, 11) is 0. The maximum Gasteiger partial charge on any atom is 0.416 e. The molecule has 1 unspecified atom stereocenters. The summed E-state index contributed by atoms with van der Waals surface area (Å²) in [5.74, 6) is 0.434. The molecule has 1 heterocycles. The topological polar surface area (TPSA) is 58.3 Å². The average molecular weight is 288 g/mol. The van der Waals surface area contributed by atoms with Gasteiger partial charge >= 0.3 is 6.18 Å². The largest absolute Gasteiger partial charge is 0.416 e. The van der Waals surface area contributed by atoms with Crippen molar-refractivity contribution < 1.29 is 23.4 Å². The van der Waals surface area contributed by atoms with Crippen molar-refractivity contribution in [2.45, 2.75) is 31.7 Å². The number of aliphatic hydroxyl groups is 2. The van der Waals surface area contributed by atoms with Crippen molar-refractivity contribution in [1.82, 2.24) is 9.55 Å². The van der Waals surface area contributed by atoms with Crippen molar-refractivity contribution in [3.05, 3.63) is 30.1 Å². The summed E-state index contributed by atoms with van der Waals surface area (Å²) in [5, 5.41) is 18.1. The van der Waals surface area contributed by atoms with Crippen LogP contribution >= 0.6 is 0 Å². The first-order chi connectivity index (χ1) is 9.43. The molecule has 110 valence electrons. The highest BCUT2D eigenvalue weighted by molar-refractivity contribution is 5.75. The van der Waals surface area contributed by atoms with Gasteiger partial charge in [0.25, 0.3) is 0 Å². The molecule has 0 saturated carbocycles. The molecule has 0 aliphatic rings. The van der Waals surface area contributed by atoms with Gasteiger partial charge in [0.05, 0.1) is 17.6 Å². The zero-order valence-electron chi connectivity index (χ0n) is 10.6. The molecule has 4 nitrogen and oxygen atoms in total. The van der Waals surface area contributed by atoms with Gasteiger partial charge in [0.15, 0.2) is 6.10 Å². The van der Waals surface area contributed by atoms with Crippen LogP contribution in [0.1, 0.15) is 12.2 Å². The average Bonchev–Trinajstić information content (AvgIpc) is 2.73. The number of imidazole rings is 1. The van der Waals surface area contributed by atoms with Crippen LogP contribution in [0.5, 0.6) is 0 Å². The lowest BCUT2D eigenvalue weighted by molar-refractivity contribution is -0.207. The smallest absolute Gasteiger partial charge is 0.396 e. The van der Waals surface area contributed by atoms with Gasteiger partial charge in [0, 0.05) is 13.0 Å². The second-order valence-electron chi connectivity index (χ2n) is 4.51. The Morgan fingerprint density at radius 2 is 1.95 bits per heavy atom. The minimum absolute atomic E-state index is 0.0645. The van der Waals surface area contributed by atoms with Gasteiger partial charge in [-0.1, -0.05) is 12.1 Å². The summed E-state index contributed by atoms with van der Waals surface area (Å²) >= 11 is 0. The Kier molecular flexibility index (Phi) is 4.29. The van der Waals surface area contributed by atoms with Crippen LogP contribution in [0.15, 0.2) is 24.3 Å². The van der Waals surface area contributed by atoms with Gasteiger partial charge in [-0.3, -0.25) is 0 Å². The van der Waals surface area contributed by atoms with Crippen LogP contribution in [-0.4, -0.2) is 38.7 Å². The molecule has 0 bridgehead atoms. The number of para-hydroxylation sites is 2. The molecular weight excluding hydrogens is 273 g/mol. The van der Waals surface area contributed by atoms with Crippen LogP contribution in [-0.2, 0) is 13.0 Å². The predicted octanol–water partition coefficient (Wildman–Crippen LogP) is 1.88. The van der Waals surface area contributed by atoms with Crippen molar-refractivity contribution in [2.75, 3.05) is 6.61 Å². The normalized spacial score (nSPS) is 13.8. The van der Waals surface area contributed by atoms with E-state index in [1.165, 1.54) is 4.57 Å². The van der Waals surface area contributed by atoms with Crippen molar-refractivity contribution in [3.63, 3.8) is 0 Å². The Morgan fingerprint density at radius 1 is 1.25 bits per heavy atom. The van der Waals surface area contributed by atoms with E-state index >= 15 is 0 Å². The van der Waals surface area contributed by atoms with E-state index in [4.69, 9.17) is 5.11 Å². The van der Waals surface area contributed by atoms with E-state index in [0.717, 1.165) is 0 Å². The number of alkyl halides is 3. The zero-order chi connectivity index (χ0) is 14.8. The summed E-state index contributed by atoms with van der Waals surface area (Å²) in [6.45, 7) is -0.657. The van der Waals surface area contributed by atoms with Crippen LogP contribution in [0, 0.1) is 0 Å². The molecular formula is C13H15F3N2O2. The maximum atomic E-state index is 12.5. The lowest BCUT2D eigenvalue weighted by Crippen LogP contribution is -2.33. The molecule has 2 N–H and O–H groups in total. The summed E-state index contributed by atoms with van der Waals surface area (Å²) in [4.78, 5) is 4.26. The SMILES string of the molecule is OCCCc1nc2ccccc2n1CC(O)C(F)(F)F. The predicted molar refractivity (Wildman–Crippen MR) is 67.2 cm³/mol. The summed E-state index contributed by atoms with van der Waals surface area (Å²) < 4.78 is 38.9. The first kappa shape index (κ1) is 14.8. The number of nitrogens with zero attached hydrogens (tertiary/aromatic N) is 2. The fraction of sp³-hybridized carbons (Fsp3) is 0.462. The first-order valence-electron chi connectivity index (χ1n) is 6.23. The van der Waals surface area contributed by atoms with Crippen LogP contribution in [0.3, 0.4) is 0 Å². The number of fused-ring (bicyclic) bond motifs is 1. The molecule has 0 aliphatic carbocycles. The van der Waals surface area contributed by atoms with Crippen molar-refractivity contribution >= 4 is 11.0 Å². The second-order valence-corrected chi connectivity index (χ2v) is 4.51. The van der Waals surface area contributed by atoms with Crippen LogP contribution in [0.4, 0.5) is 13.2 Å². The number of rotatable bonds is 5. The second kappa shape index (κ2) is 5.80. The number of aryl methyl sites for hydroxylation is 1. The molecule has 20 heavy (non-hydrogen) atoms. The Bertz CT molecular complexity index is 580. The molecule has 1 aromatic carbocycles. The third-order valence-electron chi connectivity index (χ3n) is 3.03. The Morgan fingerprint density at radius 3 is 2.60 bits per heavy atom. The molecule has 0 saturated heterocycles. The number of hydrogen-bond acceptors (Lipinski definition) is 3. The molecule has 2 rings (SSSR count). The van der Waals surface area contributed by atoms with Gasteiger partial charge in [0.2, 0.25) is 0 Å². The van der Waals surface area contributed by atoms with E-state index in [2.05, 4.69) is 4.98 Å². The Balaban J connectivity index is 2.37.